The lowest BCUT2D eigenvalue weighted by molar-refractivity contribution is 0.0920. The summed E-state index contributed by atoms with van der Waals surface area (Å²) >= 11 is 0. The summed E-state index contributed by atoms with van der Waals surface area (Å²) < 4.78 is 0. The molecule has 2 N–H and O–H groups in total. The van der Waals surface area contributed by atoms with Crippen LogP contribution in [0.5, 0.6) is 0 Å². The summed E-state index contributed by atoms with van der Waals surface area (Å²) in [6.45, 7) is 0.269. The number of hydrogen-bond donors (Lipinski definition) is 2. The van der Waals surface area contributed by atoms with Crippen molar-refractivity contribution in [1.29, 1.82) is 0 Å². The standard InChI is InChI=1S/C18H22N2O2/c21-12-10-13-6-8-14(9-7-13)20-18(22)16-3-1-5-17-15(16)4-2-11-19-17/h1-5,11,13-14,21H,6-10,12H2,(H,20,22). The van der Waals surface area contributed by atoms with E-state index in [1.54, 1.807) is 6.20 Å². The van der Waals surface area contributed by atoms with E-state index in [4.69, 9.17) is 5.11 Å². The van der Waals surface area contributed by atoms with Gasteiger partial charge in [0, 0.05) is 29.8 Å². The molecule has 0 atom stereocenters. The van der Waals surface area contributed by atoms with Gasteiger partial charge in [0.05, 0.1) is 5.52 Å². The smallest absolute Gasteiger partial charge is 0.252 e. The average molecular weight is 298 g/mol. The first-order chi connectivity index (χ1) is 10.8. The number of nitrogens with zero attached hydrogens (tertiary/aromatic N) is 1. The predicted octanol–water partition coefficient (Wildman–Crippen LogP) is 2.91. The lowest BCUT2D eigenvalue weighted by Gasteiger charge is -2.28. The number of pyridine rings is 1. The maximum Gasteiger partial charge on any atom is 0.252 e. The van der Waals surface area contributed by atoms with Gasteiger partial charge in [0.2, 0.25) is 0 Å². The maximum absolute atomic E-state index is 12.6. The van der Waals surface area contributed by atoms with E-state index >= 15 is 0 Å². The number of amides is 1. The zero-order valence-corrected chi connectivity index (χ0v) is 12.7. The van der Waals surface area contributed by atoms with Crippen molar-refractivity contribution in [3.63, 3.8) is 0 Å². The molecule has 1 aliphatic rings. The Hall–Kier alpha value is -1.94. The van der Waals surface area contributed by atoms with Crippen LogP contribution >= 0.6 is 0 Å². The van der Waals surface area contributed by atoms with Gasteiger partial charge in [-0.15, -0.1) is 0 Å². The van der Waals surface area contributed by atoms with Gasteiger partial charge in [-0.05, 0) is 56.2 Å². The molecule has 1 fully saturated rings. The van der Waals surface area contributed by atoms with E-state index in [-0.39, 0.29) is 18.6 Å². The molecular weight excluding hydrogens is 276 g/mol. The lowest BCUT2D eigenvalue weighted by atomic mass is 9.84. The van der Waals surface area contributed by atoms with Crippen LogP contribution in [0.15, 0.2) is 36.5 Å². The molecule has 0 unspecified atom stereocenters. The topological polar surface area (TPSA) is 62.2 Å². The van der Waals surface area contributed by atoms with Gasteiger partial charge in [-0.25, -0.2) is 0 Å². The van der Waals surface area contributed by atoms with Gasteiger partial charge in [-0.3, -0.25) is 9.78 Å². The third kappa shape index (κ3) is 3.28. The Morgan fingerprint density at radius 3 is 2.77 bits per heavy atom. The van der Waals surface area contributed by atoms with Crippen molar-refractivity contribution >= 4 is 16.8 Å². The second-order valence-electron chi connectivity index (χ2n) is 6.08. The second-order valence-corrected chi connectivity index (χ2v) is 6.08. The summed E-state index contributed by atoms with van der Waals surface area (Å²) in [5.74, 6) is 0.601. The molecule has 116 valence electrons. The van der Waals surface area contributed by atoms with Crippen LogP contribution in [0.2, 0.25) is 0 Å². The van der Waals surface area contributed by atoms with Crippen LogP contribution in [0.3, 0.4) is 0 Å². The number of aromatic nitrogens is 1. The Morgan fingerprint density at radius 2 is 2.00 bits per heavy atom. The monoisotopic (exact) mass is 298 g/mol. The first-order valence-electron chi connectivity index (χ1n) is 8.03. The number of carbonyl (C=O) groups excluding carboxylic acids is 1. The molecule has 0 saturated heterocycles. The number of benzene rings is 1. The van der Waals surface area contributed by atoms with E-state index in [2.05, 4.69) is 10.3 Å². The minimum atomic E-state index is -0.00999. The van der Waals surface area contributed by atoms with Gasteiger partial charge < -0.3 is 10.4 Å². The third-order valence-electron chi connectivity index (χ3n) is 4.61. The van der Waals surface area contributed by atoms with Crippen molar-refractivity contribution in [3.05, 3.63) is 42.1 Å². The zero-order chi connectivity index (χ0) is 15.4. The first-order valence-corrected chi connectivity index (χ1v) is 8.03. The van der Waals surface area contributed by atoms with Crippen molar-refractivity contribution in [3.8, 4) is 0 Å². The molecule has 4 nitrogen and oxygen atoms in total. The predicted molar refractivity (Wildman–Crippen MR) is 86.7 cm³/mol. The van der Waals surface area contributed by atoms with E-state index in [1.807, 2.05) is 30.3 Å². The molecule has 1 aromatic heterocycles. The second kappa shape index (κ2) is 6.88. The number of aliphatic hydroxyl groups excluding tert-OH is 1. The molecule has 22 heavy (non-hydrogen) atoms. The van der Waals surface area contributed by atoms with E-state index in [0.717, 1.165) is 43.0 Å². The summed E-state index contributed by atoms with van der Waals surface area (Å²) in [5, 5.41) is 13.1. The number of nitrogens with one attached hydrogen (secondary N) is 1. The van der Waals surface area contributed by atoms with Crippen molar-refractivity contribution in [2.75, 3.05) is 6.61 Å². The highest BCUT2D eigenvalue weighted by molar-refractivity contribution is 6.06. The molecule has 0 radical (unpaired) electrons. The summed E-state index contributed by atoms with van der Waals surface area (Å²) in [6.07, 6.45) is 6.80. The summed E-state index contributed by atoms with van der Waals surface area (Å²) in [5.41, 5.74) is 1.55. The largest absolute Gasteiger partial charge is 0.396 e. The molecule has 1 amide bonds. The van der Waals surface area contributed by atoms with E-state index in [1.165, 1.54) is 0 Å². The molecule has 4 heteroatoms. The van der Waals surface area contributed by atoms with Gasteiger partial charge in [-0.2, -0.15) is 0 Å². The Balaban J connectivity index is 1.67. The molecule has 2 aromatic rings. The highest BCUT2D eigenvalue weighted by Crippen LogP contribution is 2.27. The quantitative estimate of drug-likeness (QED) is 0.912. The van der Waals surface area contributed by atoms with Gasteiger partial charge in [0.15, 0.2) is 0 Å². The van der Waals surface area contributed by atoms with Crippen LogP contribution in [0.1, 0.15) is 42.5 Å². The van der Waals surface area contributed by atoms with Gasteiger partial charge in [-0.1, -0.05) is 12.1 Å². The molecule has 1 heterocycles. The minimum absolute atomic E-state index is 0.00999. The Kier molecular flexibility index (Phi) is 4.68. The lowest BCUT2D eigenvalue weighted by Crippen LogP contribution is -2.37. The van der Waals surface area contributed by atoms with Crippen LogP contribution in [0.25, 0.3) is 10.9 Å². The highest BCUT2D eigenvalue weighted by Gasteiger charge is 2.22. The summed E-state index contributed by atoms with van der Waals surface area (Å²) in [4.78, 5) is 16.9. The molecule has 0 spiro atoms. The fourth-order valence-electron chi connectivity index (χ4n) is 3.34. The Labute approximate surface area is 130 Å². The first kappa shape index (κ1) is 15.0. The molecule has 1 aromatic carbocycles. The summed E-state index contributed by atoms with van der Waals surface area (Å²) in [6, 6.07) is 9.70. The van der Waals surface area contributed by atoms with Crippen LogP contribution < -0.4 is 5.32 Å². The number of hydrogen-bond acceptors (Lipinski definition) is 3. The average Bonchev–Trinajstić information content (AvgIpc) is 2.56. The Bertz CT molecular complexity index is 643. The molecule has 0 bridgehead atoms. The molecule has 1 aliphatic carbocycles. The summed E-state index contributed by atoms with van der Waals surface area (Å²) in [7, 11) is 0. The SMILES string of the molecule is O=C(NC1CCC(CCO)CC1)c1cccc2ncccc12. The van der Waals surface area contributed by atoms with Crippen LogP contribution in [-0.2, 0) is 0 Å². The van der Waals surface area contributed by atoms with E-state index < -0.39 is 0 Å². The van der Waals surface area contributed by atoms with Crippen LogP contribution in [0, 0.1) is 5.92 Å². The number of carbonyl (C=O) groups is 1. The van der Waals surface area contributed by atoms with Gasteiger partial charge in [0.25, 0.3) is 5.91 Å². The maximum atomic E-state index is 12.6. The molecule has 3 rings (SSSR count). The van der Waals surface area contributed by atoms with Gasteiger partial charge in [0.1, 0.15) is 0 Å². The van der Waals surface area contributed by atoms with Crippen LogP contribution in [-0.4, -0.2) is 28.6 Å². The van der Waals surface area contributed by atoms with Crippen molar-refractivity contribution < 1.29 is 9.90 Å². The Morgan fingerprint density at radius 1 is 1.18 bits per heavy atom. The molecule has 1 saturated carbocycles. The number of fused-ring (bicyclic) bond motifs is 1. The fourth-order valence-corrected chi connectivity index (χ4v) is 3.34. The van der Waals surface area contributed by atoms with E-state index in [9.17, 15) is 4.79 Å². The fraction of sp³-hybridized carbons (Fsp3) is 0.444. The molecule has 0 aliphatic heterocycles. The number of aliphatic hydroxyl groups is 1. The van der Waals surface area contributed by atoms with Crippen molar-refractivity contribution in [2.45, 2.75) is 38.1 Å². The van der Waals surface area contributed by atoms with Crippen molar-refractivity contribution in [2.24, 2.45) is 5.92 Å². The zero-order valence-electron chi connectivity index (χ0n) is 12.7. The minimum Gasteiger partial charge on any atom is -0.396 e. The van der Waals surface area contributed by atoms with E-state index in [0.29, 0.717) is 11.5 Å². The van der Waals surface area contributed by atoms with Crippen LogP contribution in [0.4, 0.5) is 0 Å². The van der Waals surface area contributed by atoms with Crippen molar-refractivity contribution in [1.82, 2.24) is 10.3 Å². The normalized spacial score (nSPS) is 21.7. The third-order valence-corrected chi connectivity index (χ3v) is 4.61. The molecular formula is C18H22N2O2. The number of rotatable bonds is 4. The van der Waals surface area contributed by atoms with Gasteiger partial charge >= 0.3 is 0 Å². The highest BCUT2D eigenvalue weighted by atomic mass is 16.3.